The predicted octanol–water partition coefficient (Wildman–Crippen LogP) is 3.80. The minimum atomic E-state index is 0.0107. The van der Waals surface area contributed by atoms with E-state index < -0.39 is 0 Å². The molecule has 134 valence electrons. The molecule has 26 heavy (non-hydrogen) atoms. The molecule has 1 saturated carbocycles. The summed E-state index contributed by atoms with van der Waals surface area (Å²) in [6.07, 6.45) is 2.43. The van der Waals surface area contributed by atoms with Crippen molar-refractivity contribution in [3.8, 4) is 28.4 Å². The van der Waals surface area contributed by atoms with E-state index in [-0.39, 0.29) is 6.61 Å². The largest absolute Gasteiger partial charge is 0.497 e. The van der Waals surface area contributed by atoms with Gasteiger partial charge in [0, 0.05) is 11.5 Å². The van der Waals surface area contributed by atoms with Crippen molar-refractivity contribution in [1.82, 2.24) is 9.78 Å². The maximum absolute atomic E-state index is 8.88. The summed E-state index contributed by atoms with van der Waals surface area (Å²) in [5.74, 6) is 2.16. The lowest BCUT2D eigenvalue weighted by molar-refractivity contribution is 0.201. The number of nitrogens with zero attached hydrogens (tertiary/aromatic N) is 2. The van der Waals surface area contributed by atoms with Crippen molar-refractivity contribution in [1.29, 1.82) is 0 Å². The van der Waals surface area contributed by atoms with E-state index in [0.717, 1.165) is 34.1 Å². The quantitative estimate of drug-likeness (QED) is 0.704. The predicted molar refractivity (Wildman–Crippen MR) is 100 cm³/mol. The molecule has 0 saturated heterocycles. The number of aliphatic hydroxyl groups is 1. The molecule has 0 spiro atoms. The van der Waals surface area contributed by atoms with E-state index in [1.54, 1.807) is 7.11 Å². The van der Waals surface area contributed by atoms with Crippen molar-refractivity contribution in [2.75, 3.05) is 20.3 Å². The van der Waals surface area contributed by atoms with Crippen LogP contribution >= 0.6 is 0 Å². The number of rotatable bonds is 7. The van der Waals surface area contributed by atoms with E-state index in [2.05, 4.69) is 6.07 Å². The van der Waals surface area contributed by atoms with Gasteiger partial charge < -0.3 is 14.6 Å². The molecule has 0 aliphatic heterocycles. The number of ether oxygens (including phenoxy) is 2. The summed E-state index contributed by atoms with van der Waals surface area (Å²) in [6, 6.07) is 18.0. The molecule has 0 radical (unpaired) electrons. The summed E-state index contributed by atoms with van der Waals surface area (Å²) in [5.41, 5.74) is 4.30. The number of hydrogen-bond donors (Lipinski definition) is 1. The third kappa shape index (κ3) is 3.44. The molecule has 1 heterocycles. The van der Waals surface area contributed by atoms with Gasteiger partial charge in [-0.25, -0.2) is 4.68 Å². The highest BCUT2D eigenvalue weighted by Gasteiger charge is 2.27. The van der Waals surface area contributed by atoms with Crippen molar-refractivity contribution in [3.63, 3.8) is 0 Å². The van der Waals surface area contributed by atoms with Crippen LogP contribution in [0.25, 0.3) is 16.9 Å². The molecule has 3 aromatic rings. The van der Waals surface area contributed by atoms with Crippen LogP contribution in [0.4, 0.5) is 0 Å². The number of hydrogen-bond acceptors (Lipinski definition) is 4. The first kappa shape index (κ1) is 16.7. The van der Waals surface area contributed by atoms with Crippen LogP contribution in [0.15, 0.2) is 54.6 Å². The van der Waals surface area contributed by atoms with E-state index in [1.165, 1.54) is 12.8 Å². The van der Waals surface area contributed by atoms with Gasteiger partial charge >= 0.3 is 0 Å². The fourth-order valence-electron chi connectivity index (χ4n) is 2.99. The standard InChI is InChI=1S/C21H22N2O3/c1-25-18-10-6-17(7-11-18)23-21(14-20(22-23)15-2-3-15)16-4-8-19(9-5-16)26-13-12-24/h4-11,14-15,24H,2-3,12-13H2,1H3. The van der Waals surface area contributed by atoms with Gasteiger partial charge in [-0.1, -0.05) is 0 Å². The molecule has 1 N–H and O–H groups in total. The normalized spacial score (nSPS) is 13.6. The van der Waals surface area contributed by atoms with Crippen LogP contribution in [0.2, 0.25) is 0 Å². The minimum absolute atomic E-state index is 0.0107. The highest BCUT2D eigenvalue weighted by atomic mass is 16.5. The second-order valence-corrected chi connectivity index (χ2v) is 6.43. The van der Waals surface area contributed by atoms with E-state index >= 15 is 0 Å². The van der Waals surface area contributed by atoms with Gasteiger partial charge in [-0.2, -0.15) is 5.10 Å². The van der Waals surface area contributed by atoms with Gasteiger partial charge in [0.15, 0.2) is 0 Å². The molecular formula is C21H22N2O3. The first-order chi connectivity index (χ1) is 12.8. The zero-order valence-corrected chi connectivity index (χ0v) is 14.8. The molecule has 1 fully saturated rings. The molecule has 1 aliphatic carbocycles. The monoisotopic (exact) mass is 350 g/mol. The molecule has 1 aliphatic rings. The maximum Gasteiger partial charge on any atom is 0.119 e. The average Bonchev–Trinajstić information content (AvgIpc) is 3.45. The summed E-state index contributed by atoms with van der Waals surface area (Å²) >= 11 is 0. The highest BCUT2D eigenvalue weighted by Crippen LogP contribution is 2.41. The fourth-order valence-corrected chi connectivity index (χ4v) is 2.99. The van der Waals surface area contributed by atoms with Crippen LogP contribution in [-0.2, 0) is 0 Å². The van der Waals surface area contributed by atoms with E-state index in [0.29, 0.717) is 12.5 Å². The van der Waals surface area contributed by atoms with Crippen LogP contribution in [-0.4, -0.2) is 35.2 Å². The Morgan fingerprint density at radius 1 is 1.04 bits per heavy atom. The van der Waals surface area contributed by atoms with Gasteiger partial charge in [0.05, 0.1) is 30.8 Å². The number of aromatic nitrogens is 2. The van der Waals surface area contributed by atoms with E-state index in [9.17, 15) is 0 Å². The van der Waals surface area contributed by atoms with Crippen molar-refractivity contribution in [3.05, 3.63) is 60.3 Å². The maximum atomic E-state index is 8.88. The zero-order valence-electron chi connectivity index (χ0n) is 14.8. The topological polar surface area (TPSA) is 56.5 Å². The van der Waals surface area contributed by atoms with Gasteiger partial charge in [0.25, 0.3) is 0 Å². The Labute approximate surface area is 152 Å². The van der Waals surface area contributed by atoms with E-state index in [4.69, 9.17) is 19.7 Å². The van der Waals surface area contributed by atoms with Crippen LogP contribution in [0, 0.1) is 0 Å². The molecule has 1 aromatic heterocycles. The molecular weight excluding hydrogens is 328 g/mol. The lowest BCUT2D eigenvalue weighted by atomic mass is 10.1. The van der Waals surface area contributed by atoms with Crippen molar-refractivity contribution in [2.24, 2.45) is 0 Å². The van der Waals surface area contributed by atoms with Gasteiger partial charge in [-0.15, -0.1) is 0 Å². The SMILES string of the molecule is COc1ccc(-n2nc(C3CC3)cc2-c2ccc(OCCO)cc2)cc1. The molecule has 0 amide bonds. The van der Waals surface area contributed by atoms with Gasteiger partial charge in [-0.05, 0) is 67.4 Å². The van der Waals surface area contributed by atoms with Gasteiger partial charge in [0.1, 0.15) is 18.1 Å². The van der Waals surface area contributed by atoms with Gasteiger partial charge in [0.2, 0.25) is 0 Å². The second-order valence-electron chi connectivity index (χ2n) is 6.43. The summed E-state index contributed by atoms with van der Waals surface area (Å²) in [6.45, 7) is 0.311. The summed E-state index contributed by atoms with van der Waals surface area (Å²) in [4.78, 5) is 0. The first-order valence-corrected chi connectivity index (χ1v) is 8.87. The van der Waals surface area contributed by atoms with Crippen LogP contribution in [0.1, 0.15) is 24.5 Å². The Kier molecular flexibility index (Phi) is 4.63. The molecule has 4 rings (SSSR count). The Balaban J connectivity index is 1.69. The van der Waals surface area contributed by atoms with Crippen molar-refractivity contribution in [2.45, 2.75) is 18.8 Å². The minimum Gasteiger partial charge on any atom is -0.497 e. The second kappa shape index (κ2) is 7.22. The van der Waals surface area contributed by atoms with Crippen molar-refractivity contribution >= 4 is 0 Å². The molecule has 0 bridgehead atoms. The average molecular weight is 350 g/mol. The van der Waals surface area contributed by atoms with Crippen LogP contribution in [0.3, 0.4) is 0 Å². The fraction of sp³-hybridized carbons (Fsp3) is 0.286. The third-order valence-corrected chi connectivity index (χ3v) is 4.55. The number of benzene rings is 2. The lowest BCUT2D eigenvalue weighted by Gasteiger charge is -2.09. The lowest BCUT2D eigenvalue weighted by Crippen LogP contribution is -2.02. The summed E-state index contributed by atoms with van der Waals surface area (Å²) < 4.78 is 12.7. The molecule has 0 unspecified atom stereocenters. The van der Waals surface area contributed by atoms with Gasteiger partial charge in [-0.3, -0.25) is 0 Å². The molecule has 5 nitrogen and oxygen atoms in total. The summed E-state index contributed by atoms with van der Waals surface area (Å²) in [7, 11) is 1.67. The van der Waals surface area contributed by atoms with E-state index in [1.807, 2.05) is 53.2 Å². The van der Waals surface area contributed by atoms with Crippen LogP contribution in [0.5, 0.6) is 11.5 Å². The highest BCUT2D eigenvalue weighted by molar-refractivity contribution is 5.64. The Morgan fingerprint density at radius 2 is 1.73 bits per heavy atom. The smallest absolute Gasteiger partial charge is 0.119 e. The Bertz CT molecular complexity index is 865. The third-order valence-electron chi connectivity index (χ3n) is 4.55. The summed E-state index contributed by atoms with van der Waals surface area (Å²) in [5, 5.41) is 13.7. The number of methoxy groups -OCH3 is 1. The van der Waals surface area contributed by atoms with Crippen LogP contribution < -0.4 is 9.47 Å². The number of aliphatic hydroxyl groups excluding tert-OH is 1. The van der Waals surface area contributed by atoms with Crippen molar-refractivity contribution < 1.29 is 14.6 Å². The molecule has 2 aromatic carbocycles. The zero-order chi connectivity index (χ0) is 17.9. The Hall–Kier alpha value is -2.79. The Morgan fingerprint density at radius 3 is 2.35 bits per heavy atom. The molecule has 0 atom stereocenters. The molecule has 5 heteroatoms. The first-order valence-electron chi connectivity index (χ1n) is 8.87.